The predicted octanol–water partition coefficient (Wildman–Crippen LogP) is 3.86. The van der Waals surface area contributed by atoms with Gasteiger partial charge in [0.25, 0.3) is 0 Å². The molecule has 1 heterocycles. The Labute approximate surface area is 112 Å². The SMILES string of the molecule is CC(C)c1ccc(-c2nc(CCCO)cs2)cc1. The molecule has 18 heavy (non-hydrogen) atoms. The lowest BCUT2D eigenvalue weighted by Gasteiger charge is -2.05. The van der Waals surface area contributed by atoms with E-state index in [1.54, 1.807) is 11.3 Å². The number of thiazole rings is 1. The second-order valence-electron chi connectivity index (χ2n) is 4.75. The lowest BCUT2D eigenvalue weighted by molar-refractivity contribution is 0.288. The first kappa shape index (κ1) is 13.2. The number of aliphatic hydroxyl groups is 1. The molecule has 2 aromatic rings. The van der Waals surface area contributed by atoms with E-state index in [-0.39, 0.29) is 6.61 Å². The third kappa shape index (κ3) is 3.18. The lowest BCUT2D eigenvalue weighted by atomic mass is 10.0. The monoisotopic (exact) mass is 261 g/mol. The Morgan fingerprint density at radius 1 is 1.22 bits per heavy atom. The fraction of sp³-hybridized carbons (Fsp3) is 0.400. The van der Waals surface area contributed by atoms with E-state index in [1.807, 2.05) is 0 Å². The van der Waals surface area contributed by atoms with Crippen molar-refractivity contribution < 1.29 is 5.11 Å². The fourth-order valence-electron chi connectivity index (χ4n) is 1.83. The molecule has 3 heteroatoms. The molecule has 0 aliphatic carbocycles. The molecule has 1 aromatic heterocycles. The van der Waals surface area contributed by atoms with Crippen LogP contribution < -0.4 is 0 Å². The summed E-state index contributed by atoms with van der Waals surface area (Å²) in [5.74, 6) is 0.565. The van der Waals surface area contributed by atoms with Crippen LogP contribution in [0.15, 0.2) is 29.6 Å². The first-order valence-corrected chi connectivity index (χ1v) is 7.24. The molecule has 0 bridgehead atoms. The van der Waals surface area contributed by atoms with Crippen LogP contribution >= 0.6 is 11.3 Å². The van der Waals surface area contributed by atoms with Crippen LogP contribution in [0.4, 0.5) is 0 Å². The van der Waals surface area contributed by atoms with Crippen molar-refractivity contribution in [2.75, 3.05) is 6.61 Å². The summed E-state index contributed by atoms with van der Waals surface area (Å²) in [7, 11) is 0. The van der Waals surface area contributed by atoms with Gasteiger partial charge in [-0.3, -0.25) is 0 Å². The molecule has 0 radical (unpaired) electrons. The first-order chi connectivity index (χ1) is 8.70. The highest BCUT2D eigenvalue weighted by atomic mass is 32.1. The molecule has 0 amide bonds. The number of benzene rings is 1. The zero-order valence-electron chi connectivity index (χ0n) is 10.9. The molecule has 2 nitrogen and oxygen atoms in total. The summed E-state index contributed by atoms with van der Waals surface area (Å²) in [5.41, 5.74) is 3.62. The highest BCUT2D eigenvalue weighted by Crippen LogP contribution is 2.26. The highest BCUT2D eigenvalue weighted by molar-refractivity contribution is 7.13. The van der Waals surface area contributed by atoms with E-state index in [0.717, 1.165) is 23.5 Å². The highest BCUT2D eigenvalue weighted by Gasteiger charge is 2.05. The Kier molecular flexibility index (Phi) is 4.50. The standard InChI is InChI=1S/C15H19NOS/c1-11(2)12-5-7-13(8-6-12)15-16-14(10-18-15)4-3-9-17/h5-8,10-11,17H,3-4,9H2,1-2H3. The molecule has 0 spiro atoms. The lowest BCUT2D eigenvalue weighted by Crippen LogP contribution is -1.90. The van der Waals surface area contributed by atoms with Crippen LogP contribution in [0.25, 0.3) is 10.6 Å². The van der Waals surface area contributed by atoms with Gasteiger partial charge in [-0.2, -0.15) is 0 Å². The zero-order chi connectivity index (χ0) is 13.0. The Morgan fingerprint density at radius 2 is 1.94 bits per heavy atom. The van der Waals surface area contributed by atoms with Gasteiger partial charge < -0.3 is 5.11 Å². The minimum Gasteiger partial charge on any atom is -0.396 e. The van der Waals surface area contributed by atoms with Crippen LogP contribution in [0.5, 0.6) is 0 Å². The average molecular weight is 261 g/mol. The number of aromatic nitrogens is 1. The molecule has 0 unspecified atom stereocenters. The average Bonchev–Trinajstić information content (AvgIpc) is 2.85. The number of hydrogen-bond acceptors (Lipinski definition) is 3. The molecule has 2 rings (SSSR count). The molecule has 96 valence electrons. The van der Waals surface area contributed by atoms with Crippen molar-refractivity contribution in [2.45, 2.75) is 32.6 Å². The van der Waals surface area contributed by atoms with Crippen LogP contribution in [-0.4, -0.2) is 16.7 Å². The minimum absolute atomic E-state index is 0.232. The zero-order valence-corrected chi connectivity index (χ0v) is 11.7. The van der Waals surface area contributed by atoms with Gasteiger partial charge in [0.05, 0.1) is 5.69 Å². The summed E-state index contributed by atoms with van der Waals surface area (Å²) >= 11 is 1.67. The van der Waals surface area contributed by atoms with Crippen LogP contribution in [0.1, 0.15) is 37.4 Å². The van der Waals surface area contributed by atoms with E-state index in [4.69, 9.17) is 5.11 Å². The summed E-state index contributed by atoms with van der Waals surface area (Å²) in [6, 6.07) is 8.64. The van der Waals surface area contributed by atoms with Gasteiger partial charge in [0.15, 0.2) is 0 Å². The summed E-state index contributed by atoms with van der Waals surface area (Å²) in [4.78, 5) is 4.60. The van der Waals surface area contributed by atoms with Crippen LogP contribution in [0, 0.1) is 0 Å². The number of hydrogen-bond donors (Lipinski definition) is 1. The number of aliphatic hydroxyl groups excluding tert-OH is 1. The van der Waals surface area contributed by atoms with Gasteiger partial charge in [-0.25, -0.2) is 4.98 Å². The molecule has 0 atom stereocenters. The van der Waals surface area contributed by atoms with Crippen molar-refractivity contribution in [2.24, 2.45) is 0 Å². The summed E-state index contributed by atoms with van der Waals surface area (Å²) in [6.07, 6.45) is 1.65. The molecule has 0 saturated heterocycles. The maximum Gasteiger partial charge on any atom is 0.123 e. The Balaban J connectivity index is 2.13. The summed E-state index contributed by atoms with van der Waals surface area (Å²) < 4.78 is 0. The van der Waals surface area contributed by atoms with E-state index in [9.17, 15) is 0 Å². The molecular weight excluding hydrogens is 242 g/mol. The Bertz CT molecular complexity index is 487. The normalized spacial score (nSPS) is 11.1. The Morgan fingerprint density at radius 3 is 2.56 bits per heavy atom. The van der Waals surface area contributed by atoms with Gasteiger partial charge in [0.1, 0.15) is 5.01 Å². The Hall–Kier alpha value is -1.19. The van der Waals surface area contributed by atoms with E-state index >= 15 is 0 Å². The van der Waals surface area contributed by atoms with Gasteiger partial charge in [-0.05, 0) is 24.3 Å². The van der Waals surface area contributed by atoms with Crippen molar-refractivity contribution in [3.05, 3.63) is 40.9 Å². The van der Waals surface area contributed by atoms with Crippen LogP contribution in [0.3, 0.4) is 0 Å². The molecule has 0 saturated carbocycles. The van der Waals surface area contributed by atoms with E-state index < -0.39 is 0 Å². The third-order valence-electron chi connectivity index (χ3n) is 2.97. The third-order valence-corrected chi connectivity index (χ3v) is 3.91. The largest absolute Gasteiger partial charge is 0.396 e. The molecule has 1 N–H and O–H groups in total. The topological polar surface area (TPSA) is 33.1 Å². The van der Waals surface area contributed by atoms with E-state index in [0.29, 0.717) is 5.92 Å². The maximum absolute atomic E-state index is 8.81. The number of aryl methyl sites for hydroxylation is 1. The van der Waals surface area contributed by atoms with Crippen molar-refractivity contribution in [3.63, 3.8) is 0 Å². The van der Waals surface area contributed by atoms with Gasteiger partial charge in [0.2, 0.25) is 0 Å². The van der Waals surface area contributed by atoms with E-state index in [2.05, 4.69) is 48.5 Å². The second-order valence-corrected chi connectivity index (χ2v) is 5.61. The van der Waals surface area contributed by atoms with Crippen molar-refractivity contribution in [1.29, 1.82) is 0 Å². The van der Waals surface area contributed by atoms with Crippen molar-refractivity contribution >= 4 is 11.3 Å². The molecule has 1 aromatic carbocycles. The van der Waals surface area contributed by atoms with Gasteiger partial charge in [-0.15, -0.1) is 11.3 Å². The van der Waals surface area contributed by atoms with Crippen molar-refractivity contribution in [1.82, 2.24) is 4.98 Å². The van der Waals surface area contributed by atoms with E-state index in [1.165, 1.54) is 11.1 Å². The summed E-state index contributed by atoms with van der Waals surface area (Å²) in [6.45, 7) is 4.63. The second kappa shape index (κ2) is 6.12. The molecule has 0 fully saturated rings. The van der Waals surface area contributed by atoms with Crippen molar-refractivity contribution in [3.8, 4) is 10.6 Å². The molecule has 0 aliphatic rings. The number of rotatable bonds is 5. The van der Waals surface area contributed by atoms with Crippen LogP contribution in [-0.2, 0) is 6.42 Å². The predicted molar refractivity (Wildman–Crippen MR) is 77.0 cm³/mol. The molecular formula is C15H19NOS. The number of nitrogens with zero attached hydrogens (tertiary/aromatic N) is 1. The van der Waals surface area contributed by atoms with Crippen LogP contribution in [0.2, 0.25) is 0 Å². The maximum atomic E-state index is 8.81. The molecule has 0 aliphatic heterocycles. The quantitative estimate of drug-likeness (QED) is 0.886. The first-order valence-electron chi connectivity index (χ1n) is 6.36. The van der Waals surface area contributed by atoms with Gasteiger partial charge >= 0.3 is 0 Å². The van der Waals surface area contributed by atoms with Gasteiger partial charge in [-0.1, -0.05) is 38.1 Å². The van der Waals surface area contributed by atoms with Gasteiger partial charge in [0, 0.05) is 17.6 Å². The fourth-order valence-corrected chi connectivity index (χ4v) is 2.69. The smallest absolute Gasteiger partial charge is 0.123 e. The summed E-state index contributed by atoms with van der Waals surface area (Å²) in [5, 5.41) is 12.0. The minimum atomic E-state index is 0.232.